The maximum atomic E-state index is 10.3. The highest BCUT2D eigenvalue weighted by molar-refractivity contribution is 5.36. The molecule has 0 saturated carbocycles. The summed E-state index contributed by atoms with van der Waals surface area (Å²) in [5.41, 5.74) is 5.44. The fourth-order valence-corrected chi connectivity index (χ4v) is 2.00. The second kappa shape index (κ2) is 4.76. The van der Waals surface area contributed by atoms with Crippen molar-refractivity contribution in [2.24, 2.45) is 0 Å². The quantitative estimate of drug-likeness (QED) is 0.832. The highest BCUT2D eigenvalue weighted by atomic mass is 16.3. The molecule has 0 saturated heterocycles. The van der Waals surface area contributed by atoms with Crippen molar-refractivity contribution in [3.63, 3.8) is 0 Å². The van der Waals surface area contributed by atoms with Gasteiger partial charge in [0.2, 0.25) is 0 Å². The fraction of sp³-hybridized carbons (Fsp3) is 0.333. The van der Waals surface area contributed by atoms with Crippen LogP contribution in [0.5, 0.6) is 0 Å². The molecule has 1 unspecified atom stereocenters. The van der Waals surface area contributed by atoms with E-state index in [9.17, 15) is 5.11 Å². The number of hydrogen-bond donors (Lipinski definition) is 2. The van der Waals surface area contributed by atoms with E-state index >= 15 is 0 Å². The van der Waals surface area contributed by atoms with Crippen molar-refractivity contribution in [2.75, 3.05) is 0 Å². The number of aryl methyl sites for hydroxylation is 2. The van der Waals surface area contributed by atoms with Crippen molar-refractivity contribution in [3.05, 3.63) is 58.4 Å². The number of rotatable bonds is 3. The van der Waals surface area contributed by atoms with Gasteiger partial charge in [0, 0.05) is 6.20 Å². The average molecular weight is 229 g/mol. The molecule has 0 spiro atoms. The van der Waals surface area contributed by atoms with E-state index in [-0.39, 0.29) is 0 Å². The van der Waals surface area contributed by atoms with Crippen LogP contribution < -0.4 is 0 Å². The van der Waals surface area contributed by atoms with Crippen molar-refractivity contribution < 1.29 is 5.11 Å². The first-order chi connectivity index (χ1) is 8.13. The molecule has 0 aliphatic heterocycles. The van der Waals surface area contributed by atoms with Gasteiger partial charge in [0.05, 0.1) is 5.69 Å². The number of H-pyrrole nitrogens is 1. The molecule has 1 aromatic carbocycles. The summed E-state index contributed by atoms with van der Waals surface area (Å²) in [6, 6.07) is 8.14. The van der Waals surface area contributed by atoms with Gasteiger partial charge in [-0.1, -0.05) is 31.2 Å². The Morgan fingerprint density at radius 2 is 1.82 bits per heavy atom. The minimum atomic E-state index is -0.561. The van der Waals surface area contributed by atoms with Crippen LogP contribution in [0.25, 0.3) is 0 Å². The van der Waals surface area contributed by atoms with Gasteiger partial charge in [-0.3, -0.25) is 0 Å². The van der Waals surface area contributed by atoms with Crippen molar-refractivity contribution in [1.29, 1.82) is 0 Å². The van der Waals surface area contributed by atoms with Crippen LogP contribution in [0.3, 0.4) is 0 Å². The lowest BCUT2D eigenvalue weighted by Gasteiger charge is -2.11. The van der Waals surface area contributed by atoms with E-state index in [0.717, 1.165) is 23.2 Å². The standard InChI is InChI=1S/C15H19NO/c1-4-12-5-7-13(8-6-12)15(17)14-11(3)10(2)9-16-14/h5-9,15-17H,4H2,1-3H3. The van der Waals surface area contributed by atoms with Gasteiger partial charge >= 0.3 is 0 Å². The van der Waals surface area contributed by atoms with Gasteiger partial charge < -0.3 is 10.1 Å². The molecular weight excluding hydrogens is 210 g/mol. The first-order valence-corrected chi connectivity index (χ1v) is 6.04. The van der Waals surface area contributed by atoms with E-state index in [2.05, 4.69) is 24.0 Å². The minimum absolute atomic E-state index is 0.561. The second-order valence-corrected chi connectivity index (χ2v) is 4.51. The molecule has 1 atom stereocenters. The van der Waals surface area contributed by atoms with E-state index in [1.807, 2.05) is 32.2 Å². The van der Waals surface area contributed by atoms with Crippen LogP contribution in [0.15, 0.2) is 30.5 Å². The molecule has 0 radical (unpaired) electrons. The normalized spacial score (nSPS) is 12.7. The number of aromatic nitrogens is 1. The molecule has 2 rings (SSSR count). The van der Waals surface area contributed by atoms with E-state index in [0.29, 0.717) is 0 Å². The summed E-state index contributed by atoms with van der Waals surface area (Å²) < 4.78 is 0. The molecule has 90 valence electrons. The highest BCUT2D eigenvalue weighted by Gasteiger charge is 2.15. The second-order valence-electron chi connectivity index (χ2n) is 4.51. The summed E-state index contributed by atoms with van der Waals surface area (Å²) in [5.74, 6) is 0. The highest BCUT2D eigenvalue weighted by Crippen LogP contribution is 2.25. The van der Waals surface area contributed by atoms with Gasteiger partial charge in [-0.2, -0.15) is 0 Å². The third kappa shape index (κ3) is 2.27. The lowest BCUT2D eigenvalue weighted by Crippen LogP contribution is -2.02. The lowest BCUT2D eigenvalue weighted by molar-refractivity contribution is 0.215. The van der Waals surface area contributed by atoms with Crippen LogP contribution in [0.4, 0.5) is 0 Å². The van der Waals surface area contributed by atoms with E-state index in [1.165, 1.54) is 11.1 Å². The third-order valence-corrected chi connectivity index (χ3v) is 3.42. The predicted octanol–water partition coefficient (Wildman–Crippen LogP) is 3.28. The maximum absolute atomic E-state index is 10.3. The Kier molecular flexibility index (Phi) is 3.34. The molecular formula is C15H19NO. The summed E-state index contributed by atoms with van der Waals surface area (Å²) >= 11 is 0. The lowest BCUT2D eigenvalue weighted by atomic mass is 10.0. The topological polar surface area (TPSA) is 36.0 Å². The van der Waals surface area contributed by atoms with Crippen LogP contribution >= 0.6 is 0 Å². The predicted molar refractivity (Wildman–Crippen MR) is 70.1 cm³/mol. The summed E-state index contributed by atoms with van der Waals surface area (Å²) in [6.07, 6.45) is 2.40. The zero-order chi connectivity index (χ0) is 12.4. The fourth-order valence-electron chi connectivity index (χ4n) is 2.00. The summed E-state index contributed by atoms with van der Waals surface area (Å²) in [6.45, 7) is 6.21. The number of benzene rings is 1. The van der Waals surface area contributed by atoms with Crippen molar-refractivity contribution in [3.8, 4) is 0 Å². The molecule has 0 fully saturated rings. The van der Waals surface area contributed by atoms with Gasteiger partial charge in [0.25, 0.3) is 0 Å². The largest absolute Gasteiger partial charge is 0.382 e. The smallest absolute Gasteiger partial charge is 0.119 e. The molecule has 2 aromatic rings. The minimum Gasteiger partial charge on any atom is -0.382 e. The van der Waals surface area contributed by atoms with Gasteiger partial charge in [-0.15, -0.1) is 0 Å². The molecule has 1 aromatic heterocycles. The summed E-state index contributed by atoms with van der Waals surface area (Å²) in [5, 5.41) is 10.3. The maximum Gasteiger partial charge on any atom is 0.119 e. The summed E-state index contributed by atoms with van der Waals surface area (Å²) in [4.78, 5) is 3.15. The first-order valence-electron chi connectivity index (χ1n) is 6.04. The Labute approximate surface area is 102 Å². The first kappa shape index (κ1) is 11.9. The number of nitrogens with one attached hydrogen (secondary N) is 1. The Bertz CT molecular complexity index is 496. The van der Waals surface area contributed by atoms with Crippen LogP contribution in [-0.2, 0) is 6.42 Å². The molecule has 2 nitrogen and oxygen atoms in total. The van der Waals surface area contributed by atoms with Gasteiger partial charge in [0.15, 0.2) is 0 Å². The molecule has 2 heteroatoms. The van der Waals surface area contributed by atoms with E-state index < -0.39 is 6.10 Å². The third-order valence-electron chi connectivity index (χ3n) is 3.42. The number of aromatic amines is 1. The Hall–Kier alpha value is -1.54. The molecule has 0 aliphatic rings. The van der Waals surface area contributed by atoms with E-state index in [4.69, 9.17) is 0 Å². The number of aliphatic hydroxyl groups excluding tert-OH is 1. The van der Waals surface area contributed by atoms with Crippen LogP contribution in [0.1, 0.15) is 41.0 Å². The molecule has 0 bridgehead atoms. The Balaban J connectivity index is 2.30. The van der Waals surface area contributed by atoms with Crippen LogP contribution in [0.2, 0.25) is 0 Å². The molecule has 17 heavy (non-hydrogen) atoms. The van der Waals surface area contributed by atoms with Gasteiger partial charge in [-0.05, 0) is 42.5 Å². The van der Waals surface area contributed by atoms with Crippen LogP contribution in [-0.4, -0.2) is 10.1 Å². The molecule has 1 heterocycles. The SMILES string of the molecule is CCc1ccc(C(O)c2[nH]cc(C)c2C)cc1. The van der Waals surface area contributed by atoms with E-state index in [1.54, 1.807) is 0 Å². The van der Waals surface area contributed by atoms with Crippen molar-refractivity contribution in [2.45, 2.75) is 33.3 Å². The Morgan fingerprint density at radius 1 is 1.18 bits per heavy atom. The van der Waals surface area contributed by atoms with Gasteiger partial charge in [-0.25, -0.2) is 0 Å². The zero-order valence-electron chi connectivity index (χ0n) is 10.6. The molecule has 2 N–H and O–H groups in total. The van der Waals surface area contributed by atoms with Crippen molar-refractivity contribution in [1.82, 2.24) is 4.98 Å². The number of hydrogen-bond acceptors (Lipinski definition) is 1. The van der Waals surface area contributed by atoms with Gasteiger partial charge in [0.1, 0.15) is 6.10 Å². The zero-order valence-corrected chi connectivity index (χ0v) is 10.6. The number of aliphatic hydroxyl groups is 1. The average Bonchev–Trinajstić information content (AvgIpc) is 2.69. The molecule has 0 amide bonds. The van der Waals surface area contributed by atoms with Crippen molar-refractivity contribution >= 4 is 0 Å². The monoisotopic (exact) mass is 229 g/mol. The molecule has 0 aliphatic carbocycles. The van der Waals surface area contributed by atoms with Crippen LogP contribution in [0, 0.1) is 13.8 Å². The Morgan fingerprint density at radius 3 is 2.29 bits per heavy atom. The summed E-state index contributed by atoms with van der Waals surface area (Å²) in [7, 11) is 0.